The highest BCUT2D eigenvalue weighted by Gasteiger charge is 2.35. The maximum Gasteiger partial charge on any atom is 0.293 e. The highest BCUT2D eigenvalue weighted by atomic mass is 32.2. The van der Waals surface area contributed by atoms with E-state index in [4.69, 9.17) is 14.2 Å². The van der Waals surface area contributed by atoms with Gasteiger partial charge in [0, 0.05) is 5.69 Å². The number of aryl methyl sites for hydroxylation is 2. The Morgan fingerprint density at radius 3 is 2.49 bits per heavy atom. The van der Waals surface area contributed by atoms with Crippen molar-refractivity contribution < 1.29 is 28.6 Å². The zero-order valence-electron chi connectivity index (χ0n) is 25.5. The van der Waals surface area contributed by atoms with Crippen molar-refractivity contribution in [1.82, 2.24) is 4.90 Å². The first-order valence-corrected chi connectivity index (χ1v) is 15.1. The third-order valence-electron chi connectivity index (χ3n) is 7.04. The van der Waals surface area contributed by atoms with Gasteiger partial charge in [-0.15, -0.1) is 0 Å². The number of carbonyl (C=O) groups is 3. The summed E-state index contributed by atoms with van der Waals surface area (Å²) in [5, 5.41) is 2.54. The number of nitrogens with zero attached hydrogens (tertiary/aromatic N) is 1. The third kappa shape index (κ3) is 7.99. The quantitative estimate of drug-likeness (QED) is 0.218. The zero-order valence-corrected chi connectivity index (χ0v) is 26.3. The summed E-state index contributed by atoms with van der Waals surface area (Å²) in [6.45, 7) is 12.5. The Labute approximate surface area is 257 Å². The van der Waals surface area contributed by atoms with Crippen molar-refractivity contribution >= 4 is 40.6 Å². The summed E-state index contributed by atoms with van der Waals surface area (Å²) in [5.74, 6) is 1.23. The van der Waals surface area contributed by atoms with Crippen LogP contribution in [0.15, 0.2) is 59.5 Å². The van der Waals surface area contributed by atoms with Gasteiger partial charge < -0.3 is 19.5 Å². The Morgan fingerprint density at radius 2 is 1.74 bits per heavy atom. The van der Waals surface area contributed by atoms with E-state index >= 15 is 0 Å². The van der Waals surface area contributed by atoms with Crippen LogP contribution in [0.2, 0.25) is 0 Å². The van der Waals surface area contributed by atoms with Gasteiger partial charge in [-0.05, 0) is 104 Å². The summed E-state index contributed by atoms with van der Waals surface area (Å²) in [7, 11) is 0. The molecule has 3 aromatic rings. The van der Waals surface area contributed by atoms with Gasteiger partial charge >= 0.3 is 0 Å². The summed E-state index contributed by atoms with van der Waals surface area (Å²) >= 11 is 0.892. The van der Waals surface area contributed by atoms with E-state index in [1.807, 2.05) is 64.1 Å². The maximum absolute atomic E-state index is 13.1. The second-order valence-corrected chi connectivity index (χ2v) is 11.6. The first kappa shape index (κ1) is 31.7. The molecule has 4 rings (SSSR count). The Kier molecular flexibility index (Phi) is 10.5. The smallest absolute Gasteiger partial charge is 0.293 e. The first-order valence-electron chi connectivity index (χ1n) is 14.3. The van der Waals surface area contributed by atoms with Gasteiger partial charge in [0.15, 0.2) is 18.1 Å². The van der Waals surface area contributed by atoms with Gasteiger partial charge in [0.2, 0.25) is 0 Å². The monoisotopic (exact) mass is 602 g/mol. The largest absolute Gasteiger partial charge is 0.491 e. The van der Waals surface area contributed by atoms with E-state index < -0.39 is 0 Å². The zero-order chi connectivity index (χ0) is 31.1. The number of hydrogen-bond acceptors (Lipinski definition) is 7. The summed E-state index contributed by atoms with van der Waals surface area (Å²) < 4.78 is 17.5. The first-order chi connectivity index (χ1) is 20.6. The Bertz CT molecular complexity index is 1550. The number of imide groups is 1. The molecule has 3 aromatic carbocycles. The molecule has 0 bridgehead atoms. The van der Waals surface area contributed by atoms with Crippen molar-refractivity contribution in [3.63, 3.8) is 0 Å². The molecule has 9 heteroatoms. The Morgan fingerprint density at radius 1 is 0.953 bits per heavy atom. The number of carbonyl (C=O) groups excluding carboxylic acids is 3. The van der Waals surface area contributed by atoms with E-state index in [1.54, 1.807) is 24.3 Å². The van der Waals surface area contributed by atoms with Crippen LogP contribution in [-0.4, -0.2) is 48.3 Å². The summed E-state index contributed by atoms with van der Waals surface area (Å²) in [5.41, 5.74) is 5.65. The second-order valence-electron chi connectivity index (χ2n) is 10.6. The minimum absolute atomic E-state index is 0.147. The van der Waals surface area contributed by atoms with Crippen molar-refractivity contribution in [2.24, 2.45) is 0 Å². The summed E-state index contributed by atoms with van der Waals surface area (Å²) in [6.07, 6.45) is 1.66. The molecule has 43 heavy (non-hydrogen) atoms. The molecule has 0 aromatic heterocycles. The number of hydrogen-bond donors (Lipinski definition) is 1. The van der Waals surface area contributed by atoms with Gasteiger partial charge in [0.05, 0.1) is 18.1 Å². The topological polar surface area (TPSA) is 94.2 Å². The van der Waals surface area contributed by atoms with E-state index in [1.165, 1.54) is 4.90 Å². The molecular formula is C34H38N2O6S. The fourth-order valence-electron chi connectivity index (χ4n) is 4.55. The van der Waals surface area contributed by atoms with Crippen LogP contribution in [0.25, 0.3) is 6.08 Å². The Balaban J connectivity index is 1.39. The molecule has 1 aliphatic heterocycles. The number of benzene rings is 3. The molecule has 3 amide bonds. The fourth-order valence-corrected chi connectivity index (χ4v) is 5.42. The van der Waals surface area contributed by atoms with Gasteiger partial charge in [-0.2, -0.15) is 0 Å². The highest BCUT2D eigenvalue weighted by molar-refractivity contribution is 8.18. The van der Waals surface area contributed by atoms with Crippen LogP contribution < -0.4 is 19.5 Å². The minimum atomic E-state index is -0.367. The minimum Gasteiger partial charge on any atom is -0.491 e. The average Bonchev–Trinajstić information content (AvgIpc) is 3.22. The lowest BCUT2D eigenvalue weighted by molar-refractivity contribution is -0.123. The molecule has 1 saturated heterocycles. The molecule has 1 N–H and O–H groups in total. The summed E-state index contributed by atoms with van der Waals surface area (Å²) in [6, 6.07) is 17.0. The number of amides is 3. The van der Waals surface area contributed by atoms with Crippen molar-refractivity contribution in [3.05, 3.63) is 87.3 Å². The normalized spacial score (nSPS) is 14.0. The lowest BCUT2D eigenvalue weighted by Gasteiger charge is -2.17. The van der Waals surface area contributed by atoms with Crippen molar-refractivity contribution in [3.8, 4) is 17.2 Å². The molecule has 1 fully saturated rings. The molecular weight excluding hydrogens is 564 g/mol. The number of thioether (sulfide) groups is 1. The molecule has 0 radical (unpaired) electrons. The molecule has 0 atom stereocenters. The second kappa shape index (κ2) is 14.3. The number of anilines is 1. The number of rotatable bonds is 12. The lowest BCUT2D eigenvalue weighted by Crippen LogP contribution is -2.32. The van der Waals surface area contributed by atoms with Crippen LogP contribution >= 0.6 is 11.8 Å². The highest BCUT2D eigenvalue weighted by Crippen LogP contribution is 2.35. The van der Waals surface area contributed by atoms with Crippen molar-refractivity contribution in [1.29, 1.82) is 0 Å². The molecule has 1 heterocycles. The van der Waals surface area contributed by atoms with Crippen LogP contribution in [0.5, 0.6) is 17.2 Å². The molecule has 1 aliphatic rings. The van der Waals surface area contributed by atoms with E-state index in [0.717, 1.165) is 45.5 Å². The van der Waals surface area contributed by atoms with Crippen LogP contribution in [0.1, 0.15) is 54.5 Å². The van der Waals surface area contributed by atoms with Gasteiger partial charge in [-0.3, -0.25) is 19.3 Å². The fraction of sp³-hybridized carbons (Fsp3) is 0.324. The van der Waals surface area contributed by atoms with Crippen molar-refractivity contribution in [2.75, 3.05) is 31.7 Å². The van der Waals surface area contributed by atoms with Gasteiger partial charge in [0.1, 0.15) is 12.4 Å². The van der Waals surface area contributed by atoms with Crippen LogP contribution in [0.3, 0.4) is 0 Å². The average molecular weight is 603 g/mol. The van der Waals surface area contributed by atoms with E-state index in [-0.39, 0.29) is 42.7 Å². The molecule has 0 spiro atoms. The van der Waals surface area contributed by atoms with Crippen LogP contribution in [0, 0.1) is 20.8 Å². The predicted octanol–water partition coefficient (Wildman–Crippen LogP) is 7.27. The van der Waals surface area contributed by atoms with Gasteiger partial charge in [-0.1, -0.05) is 44.2 Å². The predicted molar refractivity (Wildman–Crippen MR) is 171 cm³/mol. The molecule has 0 unspecified atom stereocenters. The number of ether oxygens (including phenoxy) is 3. The van der Waals surface area contributed by atoms with Crippen molar-refractivity contribution in [2.45, 2.75) is 47.5 Å². The third-order valence-corrected chi connectivity index (χ3v) is 7.95. The van der Waals surface area contributed by atoms with E-state index in [2.05, 4.69) is 19.2 Å². The SMILES string of the molecule is CCOc1cc(/C=C2\SC(=O)N(CCOc3cc(C)ccc3C(C)C)C2=O)ccc1OCC(=O)Nc1cccc(C)c1C. The molecule has 0 aliphatic carbocycles. The molecule has 0 saturated carbocycles. The van der Waals surface area contributed by atoms with E-state index in [0.29, 0.717) is 28.6 Å². The van der Waals surface area contributed by atoms with E-state index in [9.17, 15) is 14.4 Å². The molecule has 8 nitrogen and oxygen atoms in total. The number of nitrogens with one attached hydrogen (secondary N) is 1. The van der Waals surface area contributed by atoms with Gasteiger partial charge in [0.25, 0.3) is 17.1 Å². The lowest BCUT2D eigenvalue weighted by atomic mass is 10.0. The van der Waals surface area contributed by atoms with Gasteiger partial charge in [-0.25, -0.2) is 0 Å². The summed E-state index contributed by atoms with van der Waals surface area (Å²) in [4.78, 5) is 39.9. The maximum atomic E-state index is 13.1. The Hall–Kier alpha value is -4.24. The molecule has 226 valence electrons. The van der Waals surface area contributed by atoms with Crippen LogP contribution in [0.4, 0.5) is 10.5 Å². The standard InChI is InChI=1S/C34H38N2O6S/c1-7-40-30-18-25(12-14-28(30)42-20-32(37)35-27-10-8-9-23(5)24(27)6)19-31-33(38)36(34(39)43-31)15-16-41-29-17-22(4)11-13-26(29)21(2)3/h8-14,17-19,21H,7,15-16,20H2,1-6H3,(H,35,37)/b31-19-. The van der Waals surface area contributed by atoms with Crippen LogP contribution in [-0.2, 0) is 9.59 Å².